The Morgan fingerprint density at radius 2 is 1.58 bits per heavy atom. The standard InChI is InChI=1S/C14H24N2O3/c1-9-6-11(17)15(12(9)18)10-7-13(2,3)16(19)14(4,5)8-10/h6,10,17-19H,7-8H2,1-5H3. The number of piperidine rings is 1. The van der Waals surface area contributed by atoms with Crippen LogP contribution in [-0.4, -0.2) is 36.1 Å². The van der Waals surface area contributed by atoms with E-state index in [-0.39, 0.29) is 17.8 Å². The lowest BCUT2D eigenvalue weighted by Gasteiger charge is -2.51. The summed E-state index contributed by atoms with van der Waals surface area (Å²) in [4.78, 5) is 0. The van der Waals surface area contributed by atoms with E-state index in [9.17, 15) is 15.4 Å². The number of hydrogen-bond donors (Lipinski definition) is 3. The van der Waals surface area contributed by atoms with E-state index in [4.69, 9.17) is 0 Å². The molecule has 1 aliphatic rings. The average Bonchev–Trinajstić information content (AvgIpc) is 2.49. The Labute approximate surface area is 114 Å². The molecule has 0 saturated carbocycles. The fraction of sp³-hybridized carbons (Fsp3) is 0.714. The summed E-state index contributed by atoms with van der Waals surface area (Å²) in [5.74, 6) is 0.193. The number of aryl methyl sites for hydroxylation is 1. The summed E-state index contributed by atoms with van der Waals surface area (Å²) in [5, 5.41) is 31.8. The molecule has 0 aromatic carbocycles. The summed E-state index contributed by atoms with van der Waals surface area (Å²) in [6.45, 7) is 9.62. The van der Waals surface area contributed by atoms with Gasteiger partial charge < -0.3 is 15.4 Å². The molecule has 2 rings (SSSR count). The summed E-state index contributed by atoms with van der Waals surface area (Å²) in [6.07, 6.45) is 1.31. The maximum atomic E-state index is 10.3. The normalized spacial score (nSPS) is 23.7. The van der Waals surface area contributed by atoms with Crippen LogP contribution in [0, 0.1) is 6.92 Å². The van der Waals surface area contributed by atoms with Crippen molar-refractivity contribution in [2.45, 2.75) is 64.6 Å². The van der Waals surface area contributed by atoms with Crippen molar-refractivity contribution in [3.05, 3.63) is 11.6 Å². The maximum Gasteiger partial charge on any atom is 0.197 e. The first-order valence-electron chi connectivity index (χ1n) is 6.65. The van der Waals surface area contributed by atoms with Gasteiger partial charge in [0.15, 0.2) is 11.8 Å². The fourth-order valence-corrected chi connectivity index (χ4v) is 3.39. The van der Waals surface area contributed by atoms with E-state index in [0.717, 1.165) is 0 Å². The quantitative estimate of drug-likeness (QED) is 0.732. The van der Waals surface area contributed by atoms with Gasteiger partial charge in [0.2, 0.25) is 0 Å². The fourth-order valence-electron chi connectivity index (χ4n) is 3.39. The van der Waals surface area contributed by atoms with Crippen molar-refractivity contribution in [3.8, 4) is 11.8 Å². The zero-order chi connectivity index (χ0) is 14.6. The van der Waals surface area contributed by atoms with Crippen LogP contribution in [-0.2, 0) is 0 Å². The molecule has 5 heteroatoms. The lowest BCUT2D eigenvalue weighted by atomic mass is 9.79. The van der Waals surface area contributed by atoms with Gasteiger partial charge in [0, 0.05) is 28.7 Å². The van der Waals surface area contributed by atoms with Gasteiger partial charge in [-0.05, 0) is 47.5 Å². The number of hydroxylamine groups is 2. The van der Waals surface area contributed by atoms with E-state index in [1.807, 2.05) is 27.7 Å². The summed E-state index contributed by atoms with van der Waals surface area (Å²) in [6, 6.07) is 1.53. The van der Waals surface area contributed by atoms with Crippen LogP contribution in [0.1, 0.15) is 52.1 Å². The van der Waals surface area contributed by atoms with Crippen molar-refractivity contribution in [3.63, 3.8) is 0 Å². The third-order valence-corrected chi connectivity index (χ3v) is 4.16. The predicted octanol–water partition coefficient (Wildman–Crippen LogP) is 2.79. The van der Waals surface area contributed by atoms with Crippen LogP contribution in [0.15, 0.2) is 6.07 Å². The largest absolute Gasteiger partial charge is 0.494 e. The van der Waals surface area contributed by atoms with Gasteiger partial charge in [-0.3, -0.25) is 4.57 Å². The maximum absolute atomic E-state index is 10.3. The van der Waals surface area contributed by atoms with E-state index < -0.39 is 11.1 Å². The minimum Gasteiger partial charge on any atom is -0.494 e. The van der Waals surface area contributed by atoms with E-state index in [0.29, 0.717) is 18.4 Å². The van der Waals surface area contributed by atoms with Crippen LogP contribution in [0.2, 0.25) is 0 Å². The Bertz CT molecular complexity index is 473. The molecule has 0 aliphatic carbocycles. The van der Waals surface area contributed by atoms with Gasteiger partial charge in [0.05, 0.1) is 0 Å². The van der Waals surface area contributed by atoms with Crippen LogP contribution in [0.25, 0.3) is 0 Å². The first kappa shape index (κ1) is 14.2. The Balaban J connectivity index is 2.42. The summed E-state index contributed by atoms with van der Waals surface area (Å²) < 4.78 is 1.58. The molecule has 2 heterocycles. The number of rotatable bonds is 1. The molecular formula is C14H24N2O3. The van der Waals surface area contributed by atoms with Crippen molar-refractivity contribution < 1.29 is 15.4 Å². The van der Waals surface area contributed by atoms with Gasteiger partial charge in [-0.2, -0.15) is 5.06 Å². The first-order valence-corrected chi connectivity index (χ1v) is 6.65. The Kier molecular flexibility index (Phi) is 3.10. The minimum absolute atomic E-state index is 0.0397. The second kappa shape index (κ2) is 4.15. The Morgan fingerprint density at radius 1 is 1.11 bits per heavy atom. The van der Waals surface area contributed by atoms with Crippen LogP contribution in [0.3, 0.4) is 0 Å². The number of nitrogens with zero attached hydrogens (tertiary/aromatic N) is 2. The monoisotopic (exact) mass is 268 g/mol. The smallest absolute Gasteiger partial charge is 0.197 e. The van der Waals surface area contributed by atoms with Crippen LogP contribution < -0.4 is 0 Å². The van der Waals surface area contributed by atoms with Gasteiger partial charge in [0.1, 0.15) is 0 Å². The highest BCUT2D eigenvalue weighted by molar-refractivity contribution is 5.35. The van der Waals surface area contributed by atoms with Crippen molar-refractivity contribution in [1.29, 1.82) is 0 Å². The SMILES string of the molecule is Cc1cc(O)n(C2CC(C)(C)N(O)C(C)(C)C2)c1O. The summed E-state index contributed by atoms with van der Waals surface area (Å²) >= 11 is 0. The third-order valence-electron chi connectivity index (χ3n) is 4.16. The molecule has 19 heavy (non-hydrogen) atoms. The van der Waals surface area contributed by atoms with Gasteiger partial charge in [-0.25, -0.2) is 0 Å². The molecule has 1 aliphatic heterocycles. The molecule has 0 amide bonds. The predicted molar refractivity (Wildman–Crippen MR) is 72.6 cm³/mol. The molecular weight excluding hydrogens is 244 g/mol. The highest BCUT2D eigenvalue weighted by Crippen LogP contribution is 2.45. The molecule has 0 bridgehead atoms. The topological polar surface area (TPSA) is 68.9 Å². The van der Waals surface area contributed by atoms with Crippen molar-refractivity contribution in [1.82, 2.24) is 9.63 Å². The molecule has 108 valence electrons. The van der Waals surface area contributed by atoms with Gasteiger partial charge in [-0.15, -0.1) is 0 Å². The first-order chi connectivity index (χ1) is 8.56. The molecule has 1 aromatic rings. The second-order valence-corrected chi connectivity index (χ2v) is 6.88. The third kappa shape index (κ3) is 2.21. The molecule has 0 spiro atoms. The molecule has 0 atom stereocenters. The number of hydrogen-bond acceptors (Lipinski definition) is 4. The van der Waals surface area contributed by atoms with E-state index in [1.165, 1.54) is 5.06 Å². The Hall–Kier alpha value is -1.20. The van der Waals surface area contributed by atoms with E-state index >= 15 is 0 Å². The highest BCUT2D eigenvalue weighted by atomic mass is 16.5. The summed E-state index contributed by atoms with van der Waals surface area (Å²) in [5.41, 5.74) is -0.160. The molecule has 1 fully saturated rings. The van der Waals surface area contributed by atoms with Gasteiger partial charge in [0.25, 0.3) is 0 Å². The Morgan fingerprint density at radius 3 is 1.95 bits per heavy atom. The van der Waals surface area contributed by atoms with Crippen LogP contribution >= 0.6 is 0 Å². The minimum atomic E-state index is -0.413. The number of aromatic hydroxyl groups is 2. The zero-order valence-electron chi connectivity index (χ0n) is 12.3. The lowest BCUT2D eigenvalue weighted by molar-refractivity contribution is -0.249. The zero-order valence-corrected chi connectivity index (χ0v) is 12.3. The summed E-state index contributed by atoms with van der Waals surface area (Å²) in [7, 11) is 0. The highest BCUT2D eigenvalue weighted by Gasteiger charge is 2.46. The molecule has 1 saturated heterocycles. The number of aromatic nitrogens is 1. The average molecular weight is 268 g/mol. The van der Waals surface area contributed by atoms with Crippen LogP contribution in [0.5, 0.6) is 11.8 Å². The second-order valence-electron chi connectivity index (χ2n) is 6.88. The molecule has 0 radical (unpaired) electrons. The van der Waals surface area contributed by atoms with Crippen molar-refractivity contribution in [2.75, 3.05) is 0 Å². The van der Waals surface area contributed by atoms with E-state index in [1.54, 1.807) is 17.6 Å². The molecule has 3 N–H and O–H groups in total. The molecule has 5 nitrogen and oxygen atoms in total. The van der Waals surface area contributed by atoms with E-state index in [2.05, 4.69) is 0 Å². The van der Waals surface area contributed by atoms with Gasteiger partial charge >= 0.3 is 0 Å². The van der Waals surface area contributed by atoms with Crippen molar-refractivity contribution in [2.24, 2.45) is 0 Å². The molecule has 1 aromatic heterocycles. The van der Waals surface area contributed by atoms with Crippen LogP contribution in [0.4, 0.5) is 0 Å². The lowest BCUT2D eigenvalue weighted by Crippen LogP contribution is -2.59. The molecule has 0 unspecified atom stereocenters. The van der Waals surface area contributed by atoms with Crippen molar-refractivity contribution >= 4 is 0 Å². The van der Waals surface area contributed by atoms with Gasteiger partial charge in [-0.1, -0.05) is 0 Å².